The van der Waals surface area contributed by atoms with Crippen molar-refractivity contribution >= 4 is 5.97 Å². The molecule has 0 bridgehead atoms. The molecule has 0 aromatic heterocycles. The first-order valence-corrected chi connectivity index (χ1v) is 6.25. The highest BCUT2D eigenvalue weighted by Gasteiger charge is 2.37. The minimum Gasteiger partial charge on any atom is -0.463 e. The zero-order chi connectivity index (χ0) is 11.7. The summed E-state index contributed by atoms with van der Waals surface area (Å²) in [7, 11) is 0. The van der Waals surface area contributed by atoms with Gasteiger partial charge in [-0.25, -0.2) is 4.79 Å². The van der Waals surface area contributed by atoms with Gasteiger partial charge in [0.15, 0.2) is 0 Å². The molecular formula is C13H21NO2. The zero-order valence-corrected chi connectivity index (χ0v) is 10.5. The van der Waals surface area contributed by atoms with Crippen LogP contribution in [0.4, 0.5) is 0 Å². The Hall–Kier alpha value is -0.830. The second-order valence-corrected chi connectivity index (χ2v) is 4.91. The number of likely N-dealkylation sites (tertiary alicyclic amines) is 1. The lowest BCUT2D eigenvalue weighted by molar-refractivity contribution is -0.138. The Labute approximate surface area is 97.5 Å². The summed E-state index contributed by atoms with van der Waals surface area (Å²) in [6, 6.07) is 1.37. The van der Waals surface area contributed by atoms with E-state index in [1.54, 1.807) is 0 Å². The molecular weight excluding hydrogens is 202 g/mol. The van der Waals surface area contributed by atoms with Crippen molar-refractivity contribution in [3.63, 3.8) is 0 Å². The van der Waals surface area contributed by atoms with Gasteiger partial charge in [0.2, 0.25) is 0 Å². The van der Waals surface area contributed by atoms with Gasteiger partial charge in [-0.1, -0.05) is 0 Å². The maximum atomic E-state index is 11.6. The molecule has 0 N–H and O–H groups in total. The van der Waals surface area contributed by atoms with Gasteiger partial charge in [-0.15, -0.1) is 0 Å². The van der Waals surface area contributed by atoms with E-state index >= 15 is 0 Å². The highest BCUT2D eigenvalue weighted by atomic mass is 16.5. The smallest absolute Gasteiger partial charge is 0.333 e. The van der Waals surface area contributed by atoms with Crippen LogP contribution < -0.4 is 0 Å². The molecule has 0 radical (unpaired) electrons. The topological polar surface area (TPSA) is 29.5 Å². The molecule has 1 aliphatic carbocycles. The predicted octanol–water partition coefficient (Wildman–Crippen LogP) is 2.12. The number of ether oxygens (including phenoxy) is 1. The standard InChI is InChI=1S/C13H21NO2/c1-4-16-13(15)10(3)11-7-9(2)14(8-11)12-5-6-12/h9,12H,4-8H2,1-3H3. The Balaban J connectivity index is 2.04. The molecule has 1 aliphatic heterocycles. The summed E-state index contributed by atoms with van der Waals surface area (Å²) >= 11 is 0. The van der Waals surface area contributed by atoms with Crippen LogP contribution in [-0.2, 0) is 9.53 Å². The lowest BCUT2D eigenvalue weighted by Gasteiger charge is -2.19. The molecule has 2 rings (SSSR count). The third-order valence-corrected chi connectivity index (χ3v) is 3.61. The number of carbonyl (C=O) groups excluding carboxylic acids is 1. The number of hydrogen-bond acceptors (Lipinski definition) is 3. The molecule has 2 aliphatic rings. The van der Waals surface area contributed by atoms with Crippen molar-refractivity contribution in [1.29, 1.82) is 0 Å². The SMILES string of the molecule is CCOC(=O)C(C)=C1CC(C)N(C2CC2)C1. The molecule has 16 heavy (non-hydrogen) atoms. The third-order valence-electron chi connectivity index (χ3n) is 3.61. The van der Waals surface area contributed by atoms with E-state index in [1.165, 1.54) is 18.4 Å². The second-order valence-electron chi connectivity index (χ2n) is 4.91. The maximum absolute atomic E-state index is 11.6. The van der Waals surface area contributed by atoms with Crippen LogP contribution in [0.25, 0.3) is 0 Å². The summed E-state index contributed by atoms with van der Waals surface area (Å²) in [6.45, 7) is 7.44. The van der Waals surface area contributed by atoms with Gasteiger partial charge in [-0.2, -0.15) is 0 Å². The van der Waals surface area contributed by atoms with Crippen LogP contribution in [0.2, 0.25) is 0 Å². The van der Waals surface area contributed by atoms with Crippen molar-refractivity contribution in [2.75, 3.05) is 13.2 Å². The normalized spacial score (nSPS) is 29.3. The van der Waals surface area contributed by atoms with Crippen LogP contribution in [0, 0.1) is 0 Å². The summed E-state index contributed by atoms with van der Waals surface area (Å²) in [5, 5.41) is 0. The summed E-state index contributed by atoms with van der Waals surface area (Å²) in [6.07, 6.45) is 3.69. The van der Waals surface area contributed by atoms with E-state index in [9.17, 15) is 4.79 Å². The van der Waals surface area contributed by atoms with Crippen molar-refractivity contribution in [1.82, 2.24) is 4.90 Å². The van der Waals surface area contributed by atoms with Crippen LogP contribution in [0.3, 0.4) is 0 Å². The van der Waals surface area contributed by atoms with Crippen LogP contribution in [0.1, 0.15) is 40.0 Å². The zero-order valence-electron chi connectivity index (χ0n) is 10.5. The van der Waals surface area contributed by atoms with Crippen molar-refractivity contribution < 1.29 is 9.53 Å². The lowest BCUT2D eigenvalue weighted by Crippen LogP contribution is -2.28. The van der Waals surface area contributed by atoms with Gasteiger partial charge in [0.1, 0.15) is 0 Å². The van der Waals surface area contributed by atoms with Crippen molar-refractivity contribution in [2.45, 2.75) is 52.1 Å². The molecule has 1 saturated carbocycles. The fraction of sp³-hybridized carbons (Fsp3) is 0.769. The van der Waals surface area contributed by atoms with Gasteiger partial charge >= 0.3 is 5.97 Å². The van der Waals surface area contributed by atoms with Gasteiger partial charge < -0.3 is 4.74 Å². The molecule has 1 unspecified atom stereocenters. The quantitative estimate of drug-likeness (QED) is 0.542. The largest absolute Gasteiger partial charge is 0.463 e. The number of esters is 1. The van der Waals surface area contributed by atoms with E-state index in [0.717, 1.165) is 24.6 Å². The number of rotatable bonds is 3. The van der Waals surface area contributed by atoms with Crippen LogP contribution in [0.15, 0.2) is 11.1 Å². The number of carbonyl (C=O) groups is 1. The van der Waals surface area contributed by atoms with E-state index in [2.05, 4.69) is 11.8 Å². The summed E-state index contributed by atoms with van der Waals surface area (Å²) in [5.74, 6) is -0.137. The lowest BCUT2D eigenvalue weighted by atomic mass is 10.1. The molecule has 90 valence electrons. The van der Waals surface area contributed by atoms with Gasteiger partial charge in [-0.05, 0) is 45.6 Å². The highest BCUT2D eigenvalue weighted by molar-refractivity contribution is 5.88. The summed E-state index contributed by atoms with van der Waals surface area (Å²) in [5.41, 5.74) is 2.11. The summed E-state index contributed by atoms with van der Waals surface area (Å²) in [4.78, 5) is 14.2. The van der Waals surface area contributed by atoms with Crippen LogP contribution in [0.5, 0.6) is 0 Å². The van der Waals surface area contributed by atoms with Crippen LogP contribution >= 0.6 is 0 Å². The molecule has 1 saturated heterocycles. The Morgan fingerprint density at radius 3 is 2.75 bits per heavy atom. The Morgan fingerprint density at radius 1 is 1.50 bits per heavy atom. The third kappa shape index (κ3) is 2.29. The first-order valence-electron chi connectivity index (χ1n) is 6.25. The maximum Gasteiger partial charge on any atom is 0.333 e. The van der Waals surface area contributed by atoms with E-state index < -0.39 is 0 Å². The molecule has 1 heterocycles. The Bertz CT molecular complexity index is 318. The molecule has 0 aromatic rings. The number of nitrogens with zero attached hydrogens (tertiary/aromatic N) is 1. The fourth-order valence-corrected chi connectivity index (χ4v) is 2.47. The van der Waals surface area contributed by atoms with Crippen molar-refractivity contribution in [3.05, 3.63) is 11.1 Å². The molecule has 3 nitrogen and oxygen atoms in total. The second kappa shape index (κ2) is 4.58. The molecule has 2 fully saturated rings. The average molecular weight is 223 g/mol. The molecule has 0 spiro atoms. The van der Waals surface area contributed by atoms with Crippen molar-refractivity contribution in [3.8, 4) is 0 Å². The van der Waals surface area contributed by atoms with E-state index in [-0.39, 0.29) is 5.97 Å². The fourth-order valence-electron chi connectivity index (χ4n) is 2.47. The minimum atomic E-state index is -0.137. The van der Waals surface area contributed by atoms with E-state index in [1.807, 2.05) is 13.8 Å². The Kier molecular flexibility index (Phi) is 3.33. The van der Waals surface area contributed by atoms with Gasteiger partial charge in [0, 0.05) is 24.2 Å². The Morgan fingerprint density at radius 2 is 2.19 bits per heavy atom. The molecule has 1 atom stereocenters. The molecule has 0 amide bonds. The van der Waals surface area contributed by atoms with Crippen molar-refractivity contribution in [2.24, 2.45) is 0 Å². The van der Waals surface area contributed by atoms with Gasteiger partial charge in [0.25, 0.3) is 0 Å². The molecule has 0 aromatic carbocycles. The first kappa shape index (κ1) is 11.6. The average Bonchev–Trinajstić information content (AvgIpc) is 3.02. The van der Waals surface area contributed by atoms with Crippen LogP contribution in [-0.4, -0.2) is 36.1 Å². The number of hydrogen-bond donors (Lipinski definition) is 0. The summed E-state index contributed by atoms with van der Waals surface area (Å²) < 4.78 is 5.05. The minimum absolute atomic E-state index is 0.137. The molecule has 3 heteroatoms. The highest BCUT2D eigenvalue weighted by Crippen LogP contribution is 2.36. The van der Waals surface area contributed by atoms with E-state index in [4.69, 9.17) is 4.74 Å². The first-order chi connectivity index (χ1) is 7.63. The van der Waals surface area contributed by atoms with Gasteiger partial charge in [-0.3, -0.25) is 4.90 Å². The van der Waals surface area contributed by atoms with Gasteiger partial charge in [0.05, 0.1) is 6.61 Å². The van der Waals surface area contributed by atoms with E-state index in [0.29, 0.717) is 12.6 Å². The predicted molar refractivity (Wildman–Crippen MR) is 63.1 cm³/mol. The monoisotopic (exact) mass is 223 g/mol.